The van der Waals surface area contributed by atoms with Crippen molar-refractivity contribution >= 4 is 29.6 Å². The number of nitrogens with zero attached hydrogens (tertiary/aromatic N) is 2. The van der Waals surface area contributed by atoms with Crippen molar-refractivity contribution < 1.29 is 34.2 Å². The van der Waals surface area contributed by atoms with Gasteiger partial charge in [0.1, 0.15) is 12.1 Å². The van der Waals surface area contributed by atoms with Crippen molar-refractivity contribution in [1.82, 2.24) is 20.9 Å². The number of guanidine groups is 2. The number of likely N-dealkylation sites (tertiary alicyclic amines) is 1. The molecule has 10 N–H and O–H groups in total. The van der Waals surface area contributed by atoms with Gasteiger partial charge >= 0.3 is 11.9 Å². The first-order valence-electron chi connectivity index (χ1n) is 13.4. The van der Waals surface area contributed by atoms with Crippen LogP contribution in [-0.2, 0) is 21.4 Å². The summed E-state index contributed by atoms with van der Waals surface area (Å²) < 4.78 is 1.53. The topological polar surface area (TPSA) is 200 Å². The summed E-state index contributed by atoms with van der Waals surface area (Å²) in [6.07, 6.45) is 3.01. The van der Waals surface area contributed by atoms with Crippen molar-refractivity contribution in [2.75, 3.05) is 13.1 Å². The van der Waals surface area contributed by atoms with E-state index in [4.69, 9.17) is 11.5 Å². The third kappa shape index (κ3) is 3.55. The molecule has 0 saturated carbocycles. The highest BCUT2D eigenvalue weighted by atomic mass is 16.5. The molecule has 1 aromatic rings. The second kappa shape index (κ2) is 8.39. The molecule has 3 amide bonds. The van der Waals surface area contributed by atoms with Gasteiger partial charge in [-0.3, -0.25) is 41.1 Å². The number of carbonyl (C=O) groups is 3. The summed E-state index contributed by atoms with van der Waals surface area (Å²) in [4.78, 5) is 42.4. The number of fused-ring (bicyclic) bond motifs is 1. The predicted molar refractivity (Wildman–Crippen MR) is 138 cm³/mol. The van der Waals surface area contributed by atoms with Crippen LogP contribution in [0.2, 0.25) is 0 Å². The number of nitrogens with one attached hydrogen (secondary N) is 4. The van der Waals surface area contributed by atoms with E-state index in [1.807, 2.05) is 6.07 Å². The Kier molecular flexibility index (Phi) is 5.50. The first-order chi connectivity index (χ1) is 18.4. The Bertz CT molecular complexity index is 1340. The Hall–Kier alpha value is -3.71. The Labute approximate surface area is 225 Å². The van der Waals surface area contributed by atoms with Crippen LogP contribution < -0.4 is 32.4 Å². The number of benzene rings is 1. The van der Waals surface area contributed by atoms with Gasteiger partial charge < -0.3 is 15.5 Å². The summed E-state index contributed by atoms with van der Waals surface area (Å²) in [5.74, 6) is -3.39. The fraction of sp³-hybridized carbons (Fsp3) is 0.577. The maximum atomic E-state index is 13.6. The van der Waals surface area contributed by atoms with Gasteiger partial charge in [0.05, 0.1) is 13.1 Å². The highest BCUT2D eigenvalue weighted by molar-refractivity contribution is 6.02. The number of hydrogen-bond acceptors (Lipinski definition) is 9. The van der Waals surface area contributed by atoms with Crippen molar-refractivity contribution in [2.45, 2.75) is 80.9 Å². The average Bonchev–Trinajstić information content (AvgIpc) is 3.46. The molecule has 6 rings (SSSR count). The van der Waals surface area contributed by atoms with Crippen molar-refractivity contribution in [3.8, 4) is 0 Å². The van der Waals surface area contributed by atoms with Gasteiger partial charge in [0.15, 0.2) is 6.04 Å². The van der Waals surface area contributed by atoms with Gasteiger partial charge in [-0.15, -0.1) is 0 Å². The number of amides is 3. The first kappa shape index (κ1) is 25.6. The second-order valence-electron chi connectivity index (χ2n) is 11.9. The third-order valence-electron chi connectivity index (χ3n) is 9.17. The van der Waals surface area contributed by atoms with Crippen molar-refractivity contribution in [1.29, 1.82) is 0 Å². The second-order valence-corrected chi connectivity index (χ2v) is 11.9. The summed E-state index contributed by atoms with van der Waals surface area (Å²) in [7, 11) is 0. The number of carbonyl (C=O) groups excluding carboxylic acids is 3. The van der Waals surface area contributed by atoms with Gasteiger partial charge in [-0.25, -0.2) is 9.89 Å². The largest absolute Gasteiger partial charge is 0.358 e. The lowest BCUT2D eigenvalue weighted by Gasteiger charge is -2.41. The summed E-state index contributed by atoms with van der Waals surface area (Å²) in [5, 5.41) is 32.4. The Balaban J connectivity index is 1.32. The van der Waals surface area contributed by atoms with Crippen molar-refractivity contribution in [3.63, 3.8) is 0 Å². The van der Waals surface area contributed by atoms with Crippen LogP contribution in [0.15, 0.2) is 18.2 Å². The molecule has 1 spiro atoms. The molecule has 13 heteroatoms. The molecule has 1 aromatic carbocycles. The lowest BCUT2D eigenvalue weighted by atomic mass is 9.71. The van der Waals surface area contributed by atoms with E-state index >= 15 is 0 Å². The maximum absolute atomic E-state index is 13.6. The third-order valence-corrected chi connectivity index (χ3v) is 9.17. The minimum atomic E-state index is -2.56. The number of aliphatic hydroxyl groups is 2. The zero-order valence-corrected chi connectivity index (χ0v) is 22.1. The standard InChI is InChI=1S/C26H34N8O5/c1-24(2)10-4-6-13-14(5-3-7-15(13)24)21(37)30-17-12-34-23(28)29-16(11-33-18(35)8-9-19(33)36)20-25(34,26(17,38)39)32-22(27)31-20/h3,5,7,16-17,20,38-39H,4,6,8-12H2,1-2H3,(H6,27,28,29,30,31,32,37)/p+2/t16-,17?,20-,25-/m0/s1. The zero-order valence-electron chi connectivity index (χ0n) is 22.1. The monoisotopic (exact) mass is 540 g/mol. The van der Waals surface area contributed by atoms with Crippen LogP contribution in [0.1, 0.15) is 61.0 Å². The number of hydrogen-bond donors (Lipinski definition) is 8. The Morgan fingerprint density at radius 2 is 1.92 bits per heavy atom. The van der Waals surface area contributed by atoms with Gasteiger partial charge in [0, 0.05) is 18.4 Å². The van der Waals surface area contributed by atoms with Gasteiger partial charge in [-0.05, 0) is 41.9 Å². The molecule has 0 aromatic heterocycles. The molecule has 4 atom stereocenters. The minimum absolute atomic E-state index is 0.0369. The van der Waals surface area contributed by atoms with E-state index in [0.29, 0.717) is 5.56 Å². The number of imide groups is 1. The fourth-order valence-corrected chi connectivity index (χ4v) is 7.20. The molecule has 5 aliphatic rings. The van der Waals surface area contributed by atoms with E-state index in [1.165, 1.54) is 4.58 Å². The molecule has 208 valence electrons. The Morgan fingerprint density at radius 3 is 2.64 bits per heavy atom. The highest BCUT2D eigenvalue weighted by Crippen LogP contribution is 2.40. The van der Waals surface area contributed by atoms with Crippen LogP contribution in [0.3, 0.4) is 0 Å². The van der Waals surface area contributed by atoms with E-state index in [-0.39, 0.29) is 55.1 Å². The quantitative estimate of drug-likeness (QED) is 0.105. The normalized spacial score (nSPS) is 32.2. The smallest absolute Gasteiger partial charge is 0.347 e. The van der Waals surface area contributed by atoms with Crippen molar-refractivity contribution in [2.24, 2.45) is 11.5 Å². The molecule has 39 heavy (non-hydrogen) atoms. The van der Waals surface area contributed by atoms with Crippen LogP contribution in [0.4, 0.5) is 0 Å². The zero-order chi connectivity index (χ0) is 27.9. The molecule has 1 unspecified atom stereocenters. The predicted octanol–water partition coefficient (Wildman–Crippen LogP) is -4.40. The molecule has 4 aliphatic heterocycles. The average molecular weight is 541 g/mol. The van der Waals surface area contributed by atoms with E-state index < -0.39 is 35.5 Å². The van der Waals surface area contributed by atoms with Crippen LogP contribution in [0.25, 0.3) is 0 Å². The summed E-state index contributed by atoms with van der Waals surface area (Å²) in [6.45, 7) is 4.25. The van der Waals surface area contributed by atoms with Crippen LogP contribution in [0, 0.1) is 0 Å². The lowest BCUT2D eigenvalue weighted by Crippen LogP contribution is -2.92. The molecule has 0 bridgehead atoms. The van der Waals surface area contributed by atoms with E-state index in [2.05, 4.69) is 40.9 Å². The molecular weight excluding hydrogens is 504 g/mol. The van der Waals surface area contributed by atoms with Gasteiger partial charge in [-0.2, -0.15) is 0 Å². The molecular formula is C26H36N8O5+2. The highest BCUT2D eigenvalue weighted by Gasteiger charge is 2.78. The molecule has 2 saturated heterocycles. The first-order valence-corrected chi connectivity index (χ1v) is 13.4. The van der Waals surface area contributed by atoms with Crippen LogP contribution in [0.5, 0.6) is 0 Å². The van der Waals surface area contributed by atoms with Crippen molar-refractivity contribution in [3.05, 3.63) is 34.9 Å². The van der Waals surface area contributed by atoms with Crippen LogP contribution in [-0.4, -0.2) is 92.0 Å². The molecule has 2 fully saturated rings. The molecule has 1 aliphatic carbocycles. The molecule has 13 nitrogen and oxygen atoms in total. The molecule has 4 heterocycles. The number of nitrogens with two attached hydrogens (primary N) is 2. The van der Waals surface area contributed by atoms with Gasteiger partial charge in [0.25, 0.3) is 17.4 Å². The Morgan fingerprint density at radius 1 is 1.21 bits per heavy atom. The number of rotatable bonds is 4. The van der Waals surface area contributed by atoms with E-state index in [0.717, 1.165) is 35.3 Å². The van der Waals surface area contributed by atoms with Crippen LogP contribution >= 0.6 is 0 Å². The minimum Gasteiger partial charge on any atom is -0.358 e. The summed E-state index contributed by atoms with van der Waals surface area (Å²) >= 11 is 0. The summed E-state index contributed by atoms with van der Waals surface area (Å²) in [6, 6.07) is 2.99. The van der Waals surface area contributed by atoms with E-state index in [9.17, 15) is 24.6 Å². The maximum Gasteiger partial charge on any atom is 0.347 e. The lowest BCUT2D eigenvalue weighted by molar-refractivity contribution is -0.674. The molecule has 0 radical (unpaired) electrons. The fourth-order valence-electron chi connectivity index (χ4n) is 7.20. The van der Waals surface area contributed by atoms with E-state index in [1.54, 1.807) is 6.07 Å². The van der Waals surface area contributed by atoms with Gasteiger partial charge in [0.2, 0.25) is 11.8 Å². The van der Waals surface area contributed by atoms with Gasteiger partial charge in [-0.1, -0.05) is 26.0 Å². The SMILES string of the molecule is CC1(C)CCCc2c(C(=O)NC3C[N+]4=C(N)N[C@@H](CN5C(=O)CCC5=O)[C@@H]5[NH+]=C(N)N[C@@]54C3(O)O)cccc21. The summed E-state index contributed by atoms with van der Waals surface area (Å²) in [5.41, 5.74) is 13.4.